The summed E-state index contributed by atoms with van der Waals surface area (Å²) in [4.78, 5) is 38.0. The molecule has 1 saturated heterocycles. The lowest BCUT2D eigenvalue weighted by Gasteiger charge is -2.34. The van der Waals surface area contributed by atoms with Gasteiger partial charge in [0.1, 0.15) is 0 Å². The van der Waals surface area contributed by atoms with Crippen molar-refractivity contribution >= 4 is 29.1 Å². The van der Waals surface area contributed by atoms with E-state index in [-0.39, 0.29) is 11.8 Å². The average Bonchev–Trinajstić information content (AvgIpc) is 3.20. The summed E-state index contributed by atoms with van der Waals surface area (Å²) < 4.78 is 0. The zero-order valence-corrected chi connectivity index (χ0v) is 16.9. The number of anilines is 1. The molecule has 0 bridgehead atoms. The van der Waals surface area contributed by atoms with E-state index in [4.69, 9.17) is 0 Å². The van der Waals surface area contributed by atoms with E-state index < -0.39 is 0 Å². The first-order chi connectivity index (χ1) is 13.6. The fraction of sp³-hybridized carbons (Fsp3) is 0.474. The van der Waals surface area contributed by atoms with Gasteiger partial charge in [-0.3, -0.25) is 14.5 Å². The minimum atomic E-state index is -0.0727. The lowest BCUT2D eigenvalue weighted by atomic mass is 10.3. The van der Waals surface area contributed by atoms with Crippen LogP contribution in [0.15, 0.2) is 30.6 Å². The van der Waals surface area contributed by atoms with E-state index in [2.05, 4.69) is 30.4 Å². The van der Waals surface area contributed by atoms with Gasteiger partial charge in [0, 0.05) is 56.9 Å². The number of nitrogens with one attached hydrogen (secondary N) is 2. The van der Waals surface area contributed by atoms with E-state index in [9.17, 15) is 9.59 Å². The Morgan fingerprint density at radius 3 is 2.57 bits per heavy atom. The molecule has 0 radical (unpaired) electrons. The Balaban J connectivity index is 1.32. The van der Waals surface area contributed by atoms with Crippen molar-refractivity contribution < 1.29 is 9.59 Å². The zero-order valence-electron chi connectivity index (χ0n) is 16.1. The van der Waals surface area contributed by atoms with Gasteiger partial charge in [-0.25, -0.2) is 9.97 Å². The highest BCUT2D eigenvalue weighted by molar-refractivity contribution is 7.14. The quantitative estimate of drug-likeness (QED) is 0.643. The van der Waals surface area contributed by atoms with E-state index in [0.717, 1.165) is 50.0 Å². The monoisotopic (exact) mass is 402 g/mol. The van der Waals surface area contributed by atoms with Crippen molar-refractivity contribution in [2.75, 3.05) is 44.2 Å². The van der Waals surface area contributed by atoms with Crippen molar-refractivity contribution in [3.05, 3.63) is 40.3 Å². The molecule has 2 aromatic heterocycles. The molecule has 2 amide bonds. The third-order valence-electron chi connectivity index (χ3n) is 4.54. The zero-order chi connectivity index (χ0) is 19.8. The minimum Gasteiger partial charge on any atom is -0.351 e. The van der Waals surface area contributed by atoms with Gasteiger partial charge in [-0.2, -0.15) is 0 Å². The van der Waals surface area contributed by atoms with Crippen LogP contribution in [0.4, 0.5) is 5.95 Å². The lowest BCUT2D eigenvalue weighted by molar-refractivity contribution is -0.119. The molecule has 0 unspecified atom stereocenters. The van der Waals surface area contributed by atoms with Crippen molar-refractivity contribution in [2.45, 2.75) is 19.9 Å². The number of amides is 2. The van der Waals surface area contributed by atoms with E-state index in [1.807, 2.05) is 18.2 Å². The standard InChI is InChI=1S/C19H26N6O2S/c1-15(26)23-14-16-4-5-17(28-16)18(27)20-8-3-9-24-10-12-25(13-11-24)19-21-6-2-7-22-19/h2,4-7H,3,8-14H2,1H3,(H,20,27)(H,23,26). The topological polar surface area (TPSA) is 90.5 Å². The number of hydrogen-bond acceptors (Lipinski definition) is 7. The van der Waals surface area contributed by atoms with Gasteiger partial charge in [-0.05, 0) is 31.2 Å². The van der Waals surface area contributed by atoms with E-state index in [0.29, 0.717) is 18.0 Å². The summed E-state index contributed by atoms with van der Waals surface area (Å²) in [6.07, 6.45) is 4.46. The summed E-state index contributed by atoms with van der Waals surface area (Å²) in [5, 5.41) is 5.72. The summed E-state index contributed by atoms with van der Waals surface area (Å²) >= 11 is 1.41. The summed E-state index contributed by atoms with van der Waals surface area (Å²) in [6, 6.07) is 5.52. The predicted octanol–water partition coefficient (Wildman–Crippen LogP) is 1.12. The highest BCUT2D eigenvalue weighted by Crippen LogP contribution is 2.16. The Hall–Kier alpha value is -2.52. The lowest BCUT2D eigenvalue weighted by Crippen LogP contribution is -2.47. The van der Waals surface area contributed by atoms with E-state index in [1.54, 1.807) is 12.4 Å². The summed E-state index contributed by atoms with van der Waals surface area (Å²) in [6.45, 7) is 7.35. The van der Waals surface area contributed by atoms with Crippen molar-refractivity contribution in [3.63, 3.8) is 0 Å². The van der Waals surface area contributed by atoms with Crippen LogP contribution in [0.3, 0.4) is 0 Å². The fourth-order valence-corrected chi connectivity index (χ4v) is 3.89. The highest BCUT2D eigenvalue weighted by atomic mass is 32.1. The molecule has 0 aromatic carbocycles. The van der Waals surface area contributed by atoms with Crippen LogP contribution in [-0.4, -0.2) is 66.0 Å². The second-order valence-corrected chi connectivity index (χ2v) is 7.83. The summed E-state index contributed by atoms with van der Waals surface area (Å²) in [5.41, 5.74) is 0. The van der Waals surface area contributed by atoms with Crippen LogP contribution in [0.5, 0.6) is 0 Å². The molecule has 0 aliphatic carbocycles. The van der Waals surface area contributed by atoms with Gasteiger partial charge in [-0.15, -0.1) is 11.3 Å². The fourth-order valence-electron chi connectivity index (χ4n) is 3.02. The molecular weight excluding hydrogens is 376 g/mol. The molecule has 1 aliphatic heterocycles. The van der Waals surface area contributed by atoms with Crippen LogP contribution in [-0.2, 0) is 11.3 Å². The van der Waals surface area contributed by atoms with Gasteiger partial charge in [0.25, 0.3) is 5.91 Å². The van der Waals surface area contributed by atoms with Crippen molar-refractivity contribution in [2.24, 2.45) is 0 Å². The second kappa shape index (κ2) is 10.1. The summed E-state index contributed by atoms with van der Waals surface area (Å²) in [5.74, 6) is 0.671. The van der Waals surface area contributed by atoms with Crippen LogP contribution in [0.25, 0.3) is 0 Å². The molecule has 2 aromatic rings. The normalized spacial score (nSPS) is 14.7. The molecule has 28 heavy (non-hydrogen) atoms. The third-order valence-corrected chi connectivity index (χ3v) is 5.62. The van der Waals surface area contributed by atoms with Gasteiger partial charge >= 0.3 is 0 Å². The number of piperazine rings is 1. The first kappa shape index (κ1) is 20.2. The SMILES string of the molecule is CC(=O)NCc1ccc(C(=O)NCCCN2CCN(c3ncccn3)CC2)s1. The maximum absolute atomic E-state index is 12.2. The van der Waals surface area contributed by atoms with Crippen LogP contribution in [0.1, 0.15) is 27.9 Å². The van der Waals surface area contributed by atoms with Crippen LogP contribution < -0.4 is 15.5 Å². The minimum absolute atomic E-state index is 0.0508. The largest absolute Gasteiger partial charge is 0.351 e. The maximum atomic E-state index is 12.2. The molecule has 0 atom stereocenters. The molecule has 3 rings (SSSR count). The number of nitrogens with zero attached hydrogens (tertiary/aromatic N) is 4. The van der Waals surface area contributed by atoms with E-state index >= 15 is 0 Å². The molecule has 8 nitrogen and oxygen atoms in total. The van der Waals surface area contributed by atoms with Crippen LogP contribution in [0, 0.1) is 0 Å². The summed E-state index contributed by atoms with van der Waals surface area (Å²) in [7, 11) is 0. The average molecular weight is 403 g/mol. The number of rotatable bonds is 8. The number of thiophene rings is 1. The Bertz CT molecular complexity index is 774. The molecule has 150 valence electrons. The predicted molar refractivity (Wildman–Crippen MR) is 109 cm³/mol. The van der Waals surface area contributed by atoms with Gasteiger partial charge in [0.05, 0.1) is 11.4 Å². The number of hydrogen-bond donors (Lipinski definition) is 2. The Kier molecular flexibility index (Phi) is 7.32. The Morgan fingerprint density at radius 1 is 1.11 bits per heavy atom. The maximum Gasteiger partial charge on any atom is 0.261 e. The first-order valence-electron chi connectivity index (χ1n) is 9.47. The smallest absolute Gasteiger partial charge is 0.261 e. The highest BCUT2D eigenvalue weighted by Gasteiger charge is 2.18. The Labute approximate surface area is 169 Å². The molecule has 1 aliphatic rings. The molecular formula is C19H26N6O2S. The van der Waals surface area contributed by atoms with Gasteiger partial charge in [0.2, 0.25) is 11.9 Å². The third kappa shape index (κ3) is 6.00. The van der Waals surface area contributed by atoms with Crippen LogP contribution >= 0.6 is 11.3 Å². The first-order valence-corrected chi connectivity index (χ1v) is 10.3. The Morgan fingerprint density at radius 2 is 1.86 bits per heavy atom. The van der Waals surface area contributed by atoms with Crippen molar-refractivity contribution in [1.29, 1.82) is 0 Å². The molecule has 1 fully saturated rings. The molecule has 0 spiro atoms. The van der Waals surface area contributed by atoms with Gasteiger partial charge < -0.3 is 15.5 Å². The van der Waals surface area contributed by atoms with Gasteiger partial charge in [0.15, 0.2) is 0 Å². The van der Waals surface area contributed by atoms with Crippen molar-refractivity contribution in [3.8, 4) is 0 Å². The number of aromatic nitrogens is 2. The van der Waals surface area contributed by atoms with Gasteiger partial charge in [-0.1, -0.05) is 0 Å². The molecule has 0 saturated carbocycles. The molecule has 3 heterocycles. The van der Waals surface area contributed by atoms with E-state index in [1.165, 1.54) is 18.3 Å². The molecule has 9 heteroatoms. The molecule has 2 N–H and O–H groups in total. The number of carbonyl (C=O) groups is 2. The van der Waals surface area contributed by atoms with Crippen molar-refractivity contribution in [1.82, 2.24) is 25.5 Å². The second-order valence-electron chi connectivity index (χ2n) is 6.66. The number of carbonyl (C=O) groups excluding carboxylic acids is 2. The van der Waals surface area contributed by atoms with Crippen LogP contribution in [0.2, 0.25) is 0 Å².